The van der Waals surface area contributed by atoms with Crippen LogP contribution in [0.25, 0.3) is 0 Å². The molecule has 2 heterocycles. The molecule has 1 aliphatic rings. The van der Waals surface area contributed by atoms with E-state index in [2.05, 4.69) is 23.9 Å². The minimum absolute atomic E-state index is 0.595. The zero-order valence-electron chi connectivity index (χ0n) is 6.87. The lowest BCUT2D eigenvalue weighted by Gasteiger charge is -2.18. The molecule has 1 aliphatic heterocycles. The number of rotatable bonds is 1. The number of fused-ring (bicyclic) bond motifs is 1. The molecule has 3 nitrogen and oxygen atoms in total. The number of hydrogen-bond acceptors (Lipinski definition) is 3. The smallest absolute Gasteiger partial charge is 0.155 e. The number of nitrogens with zero attached hydrogens (tertiary/aromatic N) is 2. The lowest BCUT2D eigenvalue weighted by Crippen LogP contribution is -2.24. The lowest BCUT2D eigenvalue weighted by atomic mass is 10.3. The standard InChI is InChI=1S/C8H12N2O/c1-6(2)10-4-7-3-9-11-8(7)5-10/h3,6H,4-5H2,1-2H3. The third-order valence-corrected chi connectivity index (χ3v) is 2.18. The van der Waals surface area contributed by atoms with E-state index in [9.17, 15) is 0 Å². The number of aromatic nitrogens is 1. The van der Waals surface area contributed by atoms with E-state index < -0.39 is 0 Å². The van der Waals surface area contributed by atoms with E-state index in [1.165, 1.54) is 5.56 Å². The summed E-state index contributed by atoms with van der Waals surface area (Å²) >= 11 is 0. The molecule has 0 atom stereocenters. The Morgan fingerprint density at radius 3 is 3.00 bits per heavy atom. The molecular weight excluding hydrogens is 140 g/mol. The molecule has 0 bridgehead atoms. The summed E-state index contributed by atoms with van der Waals surface area (Å²) in [5.41, 5.74) is 1.25. The van der Waals surface area contributed by atoms with Crippen LogP contribution in [0.2, 0.25) is 0 Å². The van der Waals surface area contributed by atoms with Gasteiger partial charge in [-0.3, -0.25) is 4.90 Å². The molecule has 0 amide bonds. The van der Waals surface area contributed by atoms with Gasteiger partial charge in [0.15, 0.2) is 5.76 Å². The van der Waals surface area contributed by atoms with Crippen molar-refractivity contribution >= 4 is 0 Å². The Balaban J connectivity index is 2.16. The lowest BCUT2D eigenvalue weighted by molar-refractivity contribution is 0.207. The van der Waals surface area contributed by atoms with Crippen molar-refractivity contribution in [1.29, 1.82) is 0 Å². The van der Waals surface area contributed by atoms with Crippen molar-refractivity contribution < 1.29 is 4.52 Å². The average Bonchev–Trinajstić information content (AvgIpc) is 2.40. The third-order valence-electron chi connectivity index (χ3n) is 2.18. The van der Waals surface area contributed by atoms with Gasteiger partial charge in [-0.2, -0.15) is 0 Å². The highest BCUT2D eigenvalue weighted by Gasteiger charge is 2.24. The molecule has 11 heavy (non-hydrogen) atoms. The summed E-state index contributed by atoms with van der Waals surface area (Å²) < 4.78 is 5.06. The van der Waals surface area contributed by atoms with E-state index in [1.54, 1.807) is 0 Å². The van der Waals surface area contributed by atoms with E-state index in [1.807, 2.05) is 6.20 Å². The van der Waals surface area contributed by atoms with Crippen molar-refractivity contribution in [1.82, 2.24) is 10.1 Å². The fraction of sp³-hybridized carbons (Fsp3) is 0.625. The second-order valence-corrected chi connectivity index (χ2v) is 3.27. The maximum Gasteiger partial charge on any atom is 0.155 e. The first-order valence-corrected chi connectivity index (χ1v) is 3.94. The van der Waals surface area contributed by atoms with Crippen LogP contribution in [0.15, 0.2) is 10.7 Å². The van der Waals surface area contributed by atoms with Crippen molar-refractivity contribution in [2.24, 2.45) is 0 Å². The first kappa shape index (κ1) is 6.85. The van der Waals surface area contributed by atoms with Crippen LogP contribution in [0.1, 0.15) is 25.2 Å². The van der Waals surface area contributed by atoms with Crippen LogP contribution in [0.3, 0.4) is 0 Å². The summed E-state index contributed by atoms with van der Waals surface area (Å²) in [6.07, 6.45) is 1.82. The van der Waals surface area contributed by atoms with Gasteiger partial charge in [0.2, 0.25) is 0 Å². The quantitative estimate of drug-likeness (QED) is 0.609. The first-order chi connectivity index (χ1) is 5.27. The minimum atomic E-state index is 0.595. The molecule has 0 spiro atoms. The maximum atomic E-state index is 5.06. The fourth-order valence-corrected chi connectivity index (χ4v) is 1.37. The molecule has 0 unspecified atom stereocenters. The van der Waals surface area contributed by atoms with E-state index >= 15 is 0 Å². The summed E-state index contributed by atoms with van der Waals surface area (Å²) in [5.74, 6) is 1.04. The molecule has 0 aromatic carbocycles. The van der Waals surface area contributed by atoms with Crippen molar-refractivity contribution in [3.63, 3.8) is 0 Å². The molecule has 0 N–H and O–H groups in total. The summed E-state index contributed by atoms with van der Waals surface area (Å²) in [5, 5.41) is 3.74. The minimum Gasteiger partial charge on any atom is -0.360 e. The molecule has 0 saturated carbocycles. The second kappa shape index (κ2) is 2.34. The van der Waals surface area contributed by atoms with Crippen LogP contribution in [-0.2, 0) is 13.1 Å². The highest BCUT2D eigenvalue weighted by Crippen LogP contribution is 2.23. The SMILES string of the molecule is CC(C)N1Cc2cnoc2C1. The molecule has 0 radical (unpaired) electrons. The Morgan fingerprint density at radius 1 is 1.55 bits per heavy atom. The zero-order chi connectivity index (χ0) is 7.84. The fourth-order valence-electron chi connectivity index (χ4n) is 1.37. The molecule has 2 rings (SSSR count). The van der Waals surface area contributed by atoms with Crippen LogP contribution in [0.5, 0.6) is 0 Å². The molecule has 1 aromatic rings. The topological polar surface area (TPSA) is 29.3 Å². The van der Waals surface area contributed by atoms with E-state index in [0.717, 1.165) is 18.8 Å². The first-order valence-electron chi connectivity index (χ1n) is 3.94. The molecule has 0 saturated heterocycles. The van der Waals surface area contributed by atoms with Gasteiger partial charge in [0.05, 0.1) is 12.7 Å². The van der Waals surface area contributed by atoms with Crippen LogP contribution < -0.4 is 0 Å². The molecule has 0 fully saturated rings. The van der Waals surface area contributed by atoms with E-state index in [4.69, 9.17) is 4.52 Å². The summed E-state index contributed by atoms with van der Waals surface area (Å²) in [6.45, 7) is 6.31. The van der Waals surface area contributed by atoms with Gasteiger partial charge in [-0.15, -0.1) is 0 Å². The predicted molar refractivity (Wildman–Crippen MR) is 40.9 cm³/mol. The Labute approximate surface area is 66.0 Å². The molecular formula is C8H12N2O. The maximum absolute atomic E-state index is 5.06. The molecule has 60 valence electrons. The van der Waals surface area contributed by atoms with Gasteiger partial charge in [-0.1, -0.05) is 5.16 Å². The largest absolute Gasteiger partial charge is 0.360 e. The monoisotopic (exact) mass is 152 g/mol. The Bertz CT molecular complexity index is 234. The molecule has 1 aromatic heterocycles. The van der Waals surface area contributed by atoms with Crippen molar-refractivity contribution in [2.45, 2.75) is 33.0 Å². The van der Waals surface area contributed by atoms with Crippen molar-refractivity contribution in [2.75, 3.05) is 0 Å². The van der Waals surface area contributed by atoms with Gasteiger partial charge in [-0.25, -0.2) is 0 Å². The Morgan fingerprint density at radius 2 is 2.36 bits per heavy atom. The third kappa shape index (κ3) is 1.05. The second-order valence-electron chi connectivity index (χ2n) is 3.27. The molecule has 3 heteroatoms. The number of hydrogen-bond donors (Lipinski definition) is 0. The van der Waals surface area contributed by atoms with Crippen LogP contribution in [-0.4, -0.2) is 16.1 Å². The zero-order valence-corrected chi connectivity index (χ0v) is 6.87. The van der Waals surface area contributed by atoms with Crippen LogP contribution in [0, 0.1) is 0 Å². The van der Waals surface area contributed by atoms with E-state index in [0.29, 0.717) is 6.04 Å². The van der Waals surface area contributed by atoms with Gasteiger partial charge >= 0.3 is 0 Å². The highest BCUT2D eigenvalue weighted by molar-refractivity contribution is 5.17. The Hall–Kier alpha value is -0.830. The van der Waals surface area contributed by atoms with Gasteiger partial charge in [0.25, 0.3) is 0 Å². The van der Waals surface area contributed by atoms with Crippen LogP contribution >= 0.6 is 0 Å². The summed E-state index contributed by atoms with van der Waals surface area (Å²) in [6, 6.07) is 0.595. The van der Waals surface area contributed by atoms with Gasteiger partial charge in [0, 0.05) is 18.2 Å². The van der Waals surface area contributed by atoms with Gasteiger partial charge < -0.3 is 4.52 Å². The average molecular weight is 152 g/mol. The van der Waals surface area contributed by atoms with E-state index in [-0.39, 0.29) is 0 Å². The van der Waals surface area contributed by atoms with Gasteiger partial charge in [-0.05, 0) is 13.8 Å². The van der Waals surface area contributed by atoms with Gasteiger partial charge in [0.1, 0.15) is 0 Å². The summed E-state index contributed by atoms with van der Waals surface area (Å²) in [4.78, 5) is 2.36. The molecule has 0 aliphatic carbocycles. The Kier molecular flexibility index (Phi) is 1.46. The van der Waals surface area contributed by atoms with Crippen molar-refractivity contribution in [3.8, 4) is 0 Å². The highest BCUT2D eigenvalue weighted by atomic mass is 16.5. The van der Waals surface area contributed by atoms with Crippen molar-refractivity contribution in [3.05, 3.63) is 17.5 Å². The van der Waals surface area contributed by atoms with Crippen LogP contribution in [0.4, 0.5) is 0 Å². The normalized spacial score (nSPS) is 17.7. The summed E-state index contributed by atoms with van der Waals surface area (Å²) in [7, 11) is 0. The predicted octanol–water partition coefficient (Wildman–Crippen LogP) is 1.40.